The molecular weight excluding hydrogens is 564 g/mol. The molecule has 0 saturated heterocycles. The molecule has 4 atom stereocenters. The minimum absolute atomic E-state index is 0.105. The van der Waals surface area contributed by atoms with Gasteiger partial charge in [0, 0.05) is 37.2 Å². The Bertz CT molecular complexity index is 1980. The molecule has 7 rings (SSSR count). The summed E-state index contributed by atoms with van der Waals surface area (Å²) < 4.78 is 39.8. The van der Waals surface area contributed by atoms with E-state index in [1.807, 2.05) is 23.7 Å². The average Bonchev–Trinajstić information content (AvgIpc) is 2.99. The molecule has 0 amide bonds. The minimum Gasteiger partial charge on any atom is -0.493 e. The number of hydrogen-bond acceptors (Lipinski definition) is 8. The molecule has 1 aliphatic carbocycles. The normalized spacial score (nSPS) is 24.4. The van der Waals surface area contributed by atoms with Gasteiger partial charge in [-0.2, -0.15) is 0 Å². The molecule has 0 unspecified atom stereocenters. The first-order valence-corrected chi connectivity index (χ1v) is 14.8. The Morgan fingerprint density at radius 1 is 0.727 bits per heavy atom. The first-order valence-electron chi connectivity index (χ1n) is 14.8. The van der Waals surface area contributed by atoms with E-state index < -0.39 is 11.2 Å². The number of nitrogens with zero attached hydrogens (tertiary/aromatic N) is 2. The Kier molecular flexibility index (Phi) is 6.03. The lowest BCUT2D eigenvalue weighted by atomic mass is 9.56. The van der Waals surface area contributed by atoms with Crippen molar-refractivity contribution in [3.63, 3.8) is 0 Å². The summed E-state index contributed by atoms with van der Waals surface area (Å²) in [5, 5.41) is 1.31. The van der Waals surface area contributed by atoms with Crippen LogP contribution in [0.15, 0.2) is 33.9 Å². The van der Waals surface area contributed by atoms with Crippen molar-refractivity contribution in [3.05, 3.63) is 56.0 Å². The Morgan fingerprint density at radius 2 is 1.27 bits per heavy atom. The molecule has 10 heteroatoms. The zero-order valence-corrected chi connectivity index (χ0v) is 26.6. The van der Waals surface area contributed by atoms with Crippen LogP contribution in [0.3, 0.4) is 0 Å². The smallest absolute Gasteiger partial charge is 0.258 e. The van der Waals surface area contributed by atoms with E-state index in [-0.39, 0.29) is 28.7 Å². The number of aromatic nitrogens is 2. The number of benzene rings is 2. The number of pyridine rings is 2. The van der Waals surface area contributed by atoms with E-state index >= 15 is 0 Å². The van der Waals surface area contributed by atoms with Gasteiger partial charge in [0.1, 0.15) is 28.0 Å². The van der Waals surface area contributed by atoms with Crippen LogP contribution < -0.4 is 39.4 Å². The molecule has 232 valence electrons. The van der Waals surface area contributed by atoms with Gasteiger partial charge in [-0.1, -0.05) is 0 Å². The van der Waals surface area contributed by atoms with Gasteiger partial charge in [0.25, 0.3) is 5.56 Å². The van der Waals surface area contributed by atoms with Crippen LogP contribution in [0, 0.1) is 5.92 Å². The first kappa shape index (κ1) is 28.4. The van der Waals surface area contributed by atoms with Crippen LogP contribution in [0.5, 0.6) is 34.6 Å². The van der Waals surface area contributed by atoms with Crippen LogP contribution in [-0.4, -0.2) is 48.8 Å². The fourth-order valence-corrected chi connectivity index (χ4v) is 8.52. The molecule has 2 aromatic heterocycles. The summed E-state index contributed by atoms with van der Waals surface area (Å²) in [7, 11) is 9.92. The molecular formula is C34H38N2O8. The van der Waals surface area contributed by atoms with Crippen LogP contribution >= 0.6 is 0 Å². The quantitative estimate of drug-likeness (QED) is 0.321. The molecule has 4 aromatic rings. The minimum atomic E-state index is -0.722. The monoisotopic (exact) mass is 602 g/mol. The molecule has 44 heavy (non-hydrogen) atoms. The third-order valence-corrected chi connectivity index (χ3v) is 10.2. The van der Waals surface area contributed by atoms with Gasteiger partial charge >= 0.3 is 0 Å². The fraction of sp³-hybridized carbons (Fsp3) is 0.471. The van der Waals surface area contributed by atoms with Gasteiger partial charge in [-0.3, -0.25) is 9.59 Å². The zero-order valence-electron chi connectivity index (χ0n) is 26.6. The van der Waals surface area contributed by atoms with Crippen molar-refractivity contribution in [2.24, 2.45) is 20.0 Å². The van der Waals surface area contributed by atoms with Gasteiger partial charge in [-0.25, -0.2) is 0 Å². The predicted molar refractivity (Wildman–Crippen MR) is 167 cm³/mol. The van der Waals surface area contributed by atoms with E-state index in [0.717, 1.165) is 5.39 Å². The number of fused-ring (bicyclic) bond motifs is 11. The van der Waals surface area contributed by atoms with E-state index in [1.54, 1.807) is 52.2 Å². The Labute approximate surface area is 255 Å². The standard InChI is InChI=1S/C34H38N2O8/c1-33(2)24-18(22-27(37)16-10-12-20(39-6)29(41-8)25(16)36(5)32(22)44-33)14-34(3)15-19(24)23-28(43-34)17-11-13-21(40-7)30(42-9)26(17)35(4)31(23)38/h10-13,18-19,24H,14-15H2,1-9H3/t18-,19-,24-,34+/m0/s1. The summed E-state index contributed by atoms with van der Waals surface area (Å²) in [5.74, 6) is 2.51. The summed E-state index contributed by atoms with van der Waals surface area (Å²) in [6, 6.07) is 7.31. The summed E-state index contributed by atoms with van der Waals surface area (Å²) in [4.78, 5) is 28.7. The number of aryl methyl sites for hydroxylation is 2. The number of hydrogen-bond donors (Lipinski definition) is 0. The molecule has 1 saturated carbocycles. The Morgan fingerprint density at radius 3 is 1.84 bits per heavy atom. The Balaban J connectivity index is 1.51. The summed E-state index contributed by atoms with van der Waals surface area (Å²) in [5.41, 5.74) is 0.839. The molecule has 3 aliphatic rings. The van der Waals surface area contributed by atoms with E-state index in [1.165, 1.54) is 0 Å². The first-order chi connectivity index (χ1) is 20.9. The molecule has 0 N–H and O–H groups in total. The highest BCUT2D eigenvalue weighted by Crippen LogP contribution is 2.62. The van der Waals surface area contributed by atoms with Gasteiger partial charge < -0.3 is 37.6 Å². The number of rotatable bonds is 4. The molecule has 2 aromatic carbocycles. The average molecular weight is 603 g/mol. The van der Waals surface area contributed by atoms with Crippen LogP contribution in [0.1, 0.15) is 56.6 Å². The van der Waals surface area contributed by atoms with Crippen molar-refractivity contribution in [3.8, 4) is 34.6 Å². The van der Waals surface area contributed by atoms with E-state index in [4.69, 9.17) is 28.4 Å². The lowest BCUT2D eigenvalue weighted by molar-refractivity contribution is -0.0833. The molecule has 2 bridgehead atoms. The van der Waals surface area contributed by atoms with Crippen molar-refractivity contribution >= 4 is 21.8 Å². The van der Waals surface area contributed by atoms with E-state index in [0.29, 0.717) is 75.0 Å². The maximum absolute atomic E-state index is 14.4. The van der Waals surface area contributed by atoms with Gasteiger partial charge in [-0.05, 0) is 57.9 Å². The lowest BCUT2D eigenvalue weighted by Crippen LogP contribution is -2.58. The van der Waals surface area contributed by atoms with Crippen LogP contribution in [-0.2, 0) is 14.1 Å². The summed E-state index contributed by atoms with van der Waals surface area (Å²) >= 11 is 0. The predicted octanol–water partition coefficient (Wildman–Crippen LogP) is 5.02. The Hall–Kier alpha value is -4.34. The third-order valence-electron chi connectivity index (χ3n) is 10.2. The maximum atomic E-state index is 14.4. The van der Waals surface area contributed by atoms with Crippen molar-refractivity contribution < 1.29 is 28.4 Å². The highest BCUT2D eigenvalue weighted by Gasteiger charge is 2.59. The molecule has 10 nitrogen and oxygen atoms in total. The summed E-state index contributed by atoms with van der Waals surface area (Å²) in [6.07, 6.45) is 1.22. The maximum Gasteiger partial charge on any atom is 0.258 e. The third kappa shape index (κ3) is 3.53. The SMILES string of the molecule is COc1ccc2c(=O)c3c(n(C)c2c1OC)OC(C)(C)[C@H]1[C@H]3C[C@]2(C)C[C@H]1c1c(c3ccc(OC)c(OC)c3n(C)c1=O)O2. The highest BCUT2D eigenvalue weighted by atomic mass is 16.5. The largest absolute Gasteiger partial charge is 0.493 e. The zero-order chi connectivity index (χ0) is 31.5. The van der Waals surface area contributed by atoms with Crippen LogP contribution in [0.2, 0.25) is 0 Å². The topological polar surface area (TPSA) is 99.4 Å². The van der Waals surface area contributed by atoms with Gasteiger partial charge in [0.15, 0.2) is 28.4 Å². The second kappa shape index (κ2) is 9.33. The van der Waals surface area contributed by atoms with Crippen molar-refractivity contribution in [2.45, 2.75) is 56.7 Å². The molecule has 1 fully saturated rings. The van der Waals surface area contributed by atoms with Crippen LogP contribution in [0.25, 0.3) is 21.8 Å². The van der Waals surface area contributed by atoms with Gasteiger partial charge in [0.2, 0.25) is 5.88 Å². The van der Waals surface area contributed by atoms with Crippen LogP contribution in [0.4, 0.5) is 0 Å². The van der Waals surface area contributed by atoms with Crippen molar-refractivity contribution in [1.29, 1.82) is 0 Å². The second-order valence-electron chi connectivity index (χ2n) is 13.0. The van der Waals surface area contributed by atoms with Crippen molar-refractivity contribution in [2.75, 3.05) is 28.4 Å². The molecule has 0 radical (unpaired) electrons. The lowest BCUT2D eigenvalue weighted by Gasteiger charge is -2.57. The van der Waals surface area contributed by atoms with E-state index in [9.17, 15) is 9.59 Å². The van der Waals surface area contributed by atoms with Gasteiger partial charge in [0.05, 0.1) is 45.0 Å². The number of ether oxygens (including phenoxy) is 6. The van der Waals surface area contributed by atoms with Gasteiger partial charge in [-0.15, -0.1) is 0 Å². The molecule has 2 aliphatic heterocycles. The fourth-order valence-electron chi connectivity index (χ4n) is 8.52. The molecule has 4 heterocycles. The highest BCUT2D eigenvalue weighted by molar-refractivity contribution is 5.94. The van der Waals surface area contributed by atoms with Crippen molar-refractivity contribution in [1.82, 2.24) is 9.13 Å². The second-order valence-corrected chi connectivity index (χ2v) is 13.0. The number of methoxy groups -OCH3 is 4. The van der Waals surface area contributed by atoms with E-state index in [2.05, 4.69) is 20.8 Å². The molecule has 0 spiro atoms. The summed E-state index contributed by atoms with van der Waals surface area (Å²) in [6.45, 7) is 6.20.